The maximum Gasteiger partial charge on any atom is 0.194 e. The van der Waals surface area contributed by atoms with E-state index in [9.17, 15) is 0 Å². The Labute approximate surface area is 56.8 Å². The van der Waals surface area contributed by atoms with Crippen LogP contribution in [0.5, 0.6) is 0 Å². The Balaban J connectivity index is 2.92. The average molecular weight is 137 g/mol. The predicted molar refractivity (Wildman–Crippen MR) is 36.6 cm³/mol. The van der Waals surface area contributed by atoms with Crippen LogP contribution in [0.2, 0.25) is 0 Å². The minimum Gasteiger partial charge on any atom is -0.288 e. The van der Waals surface area contributed by atoms with E-state index in [4.69, 9.17) is 0 Å². The van der Waals surface area contributed by atoms with Crippen molar-refractivity contribution < 1.29 is 0 Å². The first-order valence-corrected chi connectivity index (χ1v) is 3.50. The van der Waals surface area contributed by atoms with Crippen LogP contribution in [-0.2, 0) is 0 Å². The van der Waals surface area contributed by atoms with Gasteiger partial charge in [-0.25, -0.2) is 4.98 Å². The number of nitrogens with zero attached hydrogens (tertiary/aromatic N) is 2. The number of aromatic nitrogens is 2. The molecule has 9 heavy (non-hydrogen) atoms. The maximum atomic E-state index is 4.09. The molecule has 3 heteroatoms. The van der Waals surface area contributed by atoms with E-state index in [1.54, 1.807) is 17.5 Å². The number of aryl methyl sites for hydroxylation is 1. The summed E-state index contributed by atoms with van der Waals surface area (Å²) in [7, 11) is 0. The highest BCUT2D eigenvalue weighted by molar-refractivity contribution is 7.16. The molecule has 2 heterocycles. The van der Waals surface area contributed by atoms with Gasteiger partial charge in [0.1, 0.15) is 0 Å². The second kappa shape index (κ2) is 1.57. The van der Waals surface area contributed by atoms with Crippen molar-refractivity contribution in [3.63, 3.8) is 0 Å². The zero-order valence-electron chi connectivity index (χ0n) is 4.96. The number of rotatable bonds is 0. The van der Waals surface area contributed by atoms with Crippen LogP contribution in [0, 0.1) is 13.1 Å². The minimum absolute atomic E-state index is 1.02. The second-order valence-corrected chi connectivity index (χ2v) is 3.03. The lowest BCUT2D eigenvalue weighted by Gasteiger charge is -1.71. The molecular weight excluding hydrogens is 132 g/mol. The van der Waals surface area contributed by atoms with E-state index in [0.29, 0.717) is 0 Å². The summed E-state index contributed by atoms with van der Waals surface area (Å²) in [6.07, 6.45) is 6.79. The lowest BCUT2D eigenvalue weighted by molar-refractivity contribution is 1.20. The molecule has 2 rings (SSSR count). The van der Waals surface area contributed by atoms with Gasteiger partial charge in [-0.1, -0.05) is 0 Å². The standard InChI is InChI=1S/C6H5N2S/c1-5-4-8-3-2-7-6(8)9-5/h2-3H,1H3. The minimum atomic E-state index is 1.02. The van der Waals surface area contributed by atoms with E-state index in [2.05, 4.69) is 11.2 Å². The fraction of sp³-hybridized carbons (Fsp3) is 0.167. The molecule has 0 unspecified atom stereocenters. The first kappa shape index (κ1) is 4.99. The molecule has 0 aromatic carbocycles. The fourth-order valence-corrected chi connectivity index (χ4v) is 1.52. The maximum absolute atomic E-state index is 4.09. The number of imidazole rings is 1. The second-order valence-electron chi connectivity index (χ2n) is 1.85. The third-order valence-electron chi connectivity index (χ3n) is 1.13. The summed E-state index contributed by atoms with van der Waals surface area (Å²) >= 11 is 1.66. The molecule has 2 aromatic rings. The van der Waals surface area contributed by atoms with Crippen molar-refractivity contribution >= 4 is 16.3 Å². The highest BCUT2D eigenvalue weighted by atomic mass is 32.1. The van der Waals surface area contributed by atoms with Gasteiger partial charge in [0.2, 0.25) is 0 Å². The van der Waals surface area contributed by atoms with Crippen molar-refractivity contribution in [1.29, 1.82) is 0 Å². The molecule has 0 saturated heterocycles. The molecule has 0 saturated carbocycles. The summed E-state index contributed by atoms with van der Waals surface area (Å²) < 4.78 is 1.90. The van der Waals surface area contributed by atoms with Gasteiger partial charge in [-0.15, -0.1) is 11.3 Å². The molecule has 0 N–H and O–H groups in total. The van der Waals surface area contributed by atoms with Crippen molar-refractivity contribution in [3.05, 3.63) is 23.5 Å². The first-order chi connectivity index (χ1) is 4.36. The summed E-state index contributed by atoms with van der Waals surface area (Å²) in [6.45, 7) is 2.03. The normalized spacial score (nSPS) is 10.8. The van der Waals surface area contributed by atoms with E-state index in [1.165, 1.54) is 4.88 Å². The summed E-state index contributed by atoms with van der Waals surface area (Å²) in [5, 5.41) is 0. The third-order valence-corrected chi connectivity index (χ3v) is 2.01. The van der Waals surface area contributed by atoms with E-state index < -0.39 is 0 Å². The first-order valence-electron chi connectivity index (χ1n) is 2.68. The monoisotopic (exact) mass is 137 g/mol. The van der Waals surface area contributed by atoms with Gasteiger partial charge >= 0.3 is 0 Å². The van der Waals surface area contributed by atoms with Gasteiger partial charge in [0.05, 0.1) is 6.20 Å². The van der Waals surface area contributed by atoms with Crippen molar-refractivity contribution in [2.45, 2.75) is 6.92 Å². The molecule has 0 spiro atoms. The van der Waals surface area contributed by atoms with Crippen LogP contribution in [-0.4, -0.2) is 9.38 Å². The largest absolute Gasteiger partial charge is 0.288 e. The molecule has 0 atom stereocenters. The van der Waals surface area contributed by atoms with Crippen molar-refractivity contribution in [3.8, 4) is 0 Å². The lowest BCUT2D eigenvalue weighted by atomic mass is 10.6. The zero-order valence-corrected chi connectivity index (χ0v) is 5.77. The van der Waals surface area contributed by atoms with Gasteiger partial charge < -0.3 is 0 Å². The van der Waals surface area contributed by atoms with Crippen LogP contribution in [0.1, 0.15) is 4.88 Å². The lowest BCUT2D eigenvalue weighted by Crippen LogP contribution is -1.69. The van der Waals surface area contributed by atoms with Crippen molar-refractivity contribution in [2.75, 3.05) is 0 Å². The summed E-state index contributed by atoms with van der Waals surface area (Å²) in [4.78, 5) is 6.29. The topological polar surface area (TPSA) is 17.3 Å². The molecule has 0 aliphatic heterocycles. The number of thiazole rings is 1. The van der Waals surface area contributed by atoms with Crippen LogP contribution in [0.4, 0.5) is 0 Å². The Morgan fingerprint density at radius 2 is 2.67 bits per heavy atom. The zero-order chi connectivity index (χ0) is 6.27. The molecular formula is C6H5N2S. The predicted octanol–water partition coefficient (Wildman–Crippen LogP) is 1.50. The van der Waals surface area contributed by atoms with Crippen LogP contribution >= 0.6 is 11.3 Å². The Bertz CT molecular complexity index is 292. The van der Waals surface area contributed by atoms with Crippen LogP contribution in [0.25, 0.3) is 4.96 Å². The van der Waals surface area contributed by atoms with E-state index in [1.807, 2.05) is 17.5 Å². The van der Waals surface area contributed by atoms with Gasteiger partial charge in [-0.2, -0.15) is 0 Å². The fourth-order valence-electron chi connectivity index (χ4n) is 0.780. The van der Waals surface area contributed by atoms with Gasteiger partial charge in [-0.05, 0) is 6.92 Å². The number of hydrogen-bond acceptors (Lipinski definition) is 2. The molecule has 0 amide bonds. The summed E-state index contributed by atoms with van der Waals surface area (Å²) in [6, 6.07) is 0. The van der Waals surface area contributed by atoms with Gasteiger partial charge in [0.25, 0.3) is 0 Å². The average Bonchev–Trinajstić information content (AvgIpc) is 2.22. The number of hydrogen-bond donors (Lipinski definition) is 0. The quantitative estimate of drug-likeness (QED) is 0.538. The molecule has 0 bridgehead atoms. The molecule has 0 fully saturated rings. The third kappa shape index (κ3) is 0.650. The molecule has 2 aromatic heterocycles. The molecule has 0 aliphatic rings. The van der Waals surface area contributed by atoms with E-state index in [0.717, 1.165) is 4.96 Å². The van der Waals surface area contributed by atoms with Crippen LogP contribution in [0.3, 0.4) is 0 Å². The molecule has 0 aliphatic carbocycles. The summed E-state index contributed by atoms with van der Waals surface area (Å²) in [5.74, 6) is 0. The highest BCUT2D eigenvalue weighted by Gasteiger charge is 1.95. The van der Waals surface area contributed by atoms with Crippen molar-refractivity contribution in [1.82, 2.24) is 9.38 Å². The molecule has 45 valence electrons. The van der Waals surface area contributed by atoms with Gasteiger partial charge in [0.15, 0.2) is 4.96 Å². The highest BCUT2D eigenvalue weighted by Crippen LogP contribution is 2.12. The van der Waals surface area contributed by atoms with Gasteiger partial charge in [0, 0.05) is 17.3 Å². The van der Waals surface area contributed by atoms with E-state index in [-0.39, 0.29) is 0 Å². The molecule has 2 nitrogen and oxygen atoms in total. The van der Waals surface area contributed by atoms with E-state index >= 15 is 0 Å². The van der Waals surface area contributed by atoms with Gasteiger partial charge in [-0.3, -0.25) is 4.40 Å². The smallest absolute Gasteiger partial charge is 0.194 e. The summed E-state index contributed by atoms with van der Waals surface area (Å²) in [5.41, 5.74) is 0. The van der Waals surface area contributed by atoms with Crippen LogP contribution in [0.15, 0.2) is 12.4 Å². The van der Waals surface area contributed by atoms with Crippen molar-refractivity contribution in [2.24, 2.45) is 0 Å². The SMILES string of the molecule is Cc1[c]n2ccnc2s1. The Kier molecular flexibility index (Phi) is 0.873. The Morgan fingerprint density at radius 3 is 3.44 bits per heavy atom. The van der Waals surface area contributed by atoms with Crippen LogP contribution < -0.4 is 0 Å². The molecule has 1 radical (unpaired) electrons. The number of fused-ring (bicyclic) bond motifs is 1. The Hall–Kier alpha value is -0.830. The Morgan fingerprint density at radius 1 is 1.78 bits per heavy atom.